The fourth-order valence-electron chi connectivity index (χ4n) is 4.03. The van der Waals surface area contributed by atoms with Gasteiger partial charge in [-0.1, -0.05) is 36.4 Å². The molecule has 0 spiro atoms. The molecule has 0 bridgehead atoms. The van der Waals surface area contributed by atoms with Crippen molar-refractivity contribution in [1.82, 2.24) is 14.8 Å². The van der Waals surface area contributed by atoms with E-state index in [9.17, 15) is 8.42 Å². The van der Waals surface area contributed by atoms with Gasteiger partial charge in [0.2, 0.25) is 0 Å². The molecule has 3 heterocycles. The SMILES string of the molecule is O=S1(=O)C[C@@H]2[C@H](C1)N(Cc1cccnc1)CCN2Cc1ccccc1. The predicted molar refractivity (Wildman–Crippen MR) is 97.7 cm³/mol. The molecule has 132 valence electrons. The van der Waals surface area contributed by atoms with Crippen LogP contribution in [0, 0.1) is 0 Å². The molecule has 2 saturated heterocycles. The van der Waals surface area contributed by atoms with E-state index in [0.717, 1.165) is 31.7 Å². The van der Waals surface area contributed by atoms with Crippen LogP contribution in [-0.2, 0) is 22.9 Å². The van der Waals surface area contributed by atoms with Crippen LogP contribution in [0.15, 0.2) is 54.9 Å². The highest BCUT2D eigenvalue weighted by Crippen LogP contribution is 2.29. The molecular formula is C19H23N3O2S. The molecule has 4 rings (SSSR count). The second-order valence-electron chi connectivity index (χ2n) is 7.00. The van der Waals surface area contributed by atoms with Crippen LogP contribution in [0.1, 0.15) is 11.1 Å². The average Bonchev–Trinajstić information content (AvgIpc) is 2.95. The fourth-order valence-corrected chi connectivity index (χ4v) is 6.08. The summed E-state index contributed by atoms with van der Waals surface area (Å²) >= 11 is 0. The lowest BCUT2D eigenvalue weighted by Crippen LogP contribution is -2.58. The van der Waals surface area contributed by atoms with Gasteiger partial charge < -0.3 is 0 Å². The molecule has 2 aliphatic heterocycles. The minimum Gasteiger partial charge on any atom is -0.292 e. The van der Waals surface area contributed by atoms with Crippen LogP contribution in [0.2, 0.25) is 0 Å². The highest BCUT2D eigenvalue weighted by atomic mass is 32.2. The summed E-state index contributed by atoms with van der Waals surface area (Å²) in [5.74, 6) is 0.539. The number of pyridine rings is 1. The van der Waals surface area contributed by atoms with Gasteiger partial charge in [0, 0.05) is 50.7 Å². The summed E-state index contributed by atoms with van der Waals surface area (Å²) in [5, 5.41) is 0. The monoisotopic (exact) mass is 357 g/mol. The van der Waals surface area contributed by atoms with Crippen molar-refractivity contribution in [1.29, 1.82) is 0 Å². The molecule has 0 amide bonds. The van der Waals surface area contributed by atoms with Gasteiger partial charge in [-0.3, -0.25) is 14.8 Å². The maximum atomic E-state index is 12.3. The maximum absolute atomic E-state index is 12.3. The first-order valence-corrected chi connectivity index (χ1v) is 10.5. The summed E-state index contributed by atoms with van der Waals surface area (Å²) < 4.78 is 24.7. The van der Waals surface area contributed by atoms with E-state index < -0.39 is 9.84 Å². The number of rotatable bonds is 4. The van der Waals surface area contributed by atoms with Crippen molar-refractivity contribution < 1.29 is 8.42 Å². The number of aromatic nitrogens is 1. The van der Waals surface area contributed by atoms with Gasteiger partial charge >= 0.3 is 0 Å². The van der Waals surface area contributed by atoms with Crippen molar-refractivity contribution >= 4 is 9.84 Å². The Balaban J connectivity index is 1.53. The van der Waals surface area contributed by atoms with Crippen molar-refractivity contribution in [3.63, 3.8) is 0 Å². The van der Waals surface area contributed by atoms with Crippen molar-refractivity contribution in [3.05, 3.63) is 66.0 Å². The third-order valence-corrected chi connectivity index (χ3v) is 6.94. The molecule has 0 radical (unpaired) electrons. The number of piperazine rings is 1. The lowest BCUT2D eigenvalue weighted by atomic mass is 10.0. The third-order valence-electron chi connectivity index (χ3n) is 5.24. The van der Waals surface area contributed by atoms with Gasteiger partial charge in [-0.25, -0.2) is 8.42 Å². The van der Waals surface area contributed by atoms with E-state index in [4.69, 9.17) is 0 Å². The minimum atomic E-state index is -2.98. The molecule has 1 aromatic carbocycles. The van der Waals surface area contributed by atoms with Gasteiger partial charge in [0.25, 0.3) is 0 Å². The van der Waals surface area contributed by atoms with Crippen LogP contribution >= 0.6 is 0 Å². The largest absolute Gasteiger partial charge is 0.292 e. The van der Waals surface area contributed by atoms with Crippen molar-refractivity contribution in [3.8, 4) is 0 Å². The summed E-state index contributed by atoms with van der Waals surface area (Å²) in [6.45, 7) is 3.37. The van der Waals surface area contributed by atoms with E-state index in [1.54, 1.807) is 6.20 Å². The first-order chi connectivity index (χ1) is 12.1. The van der Waals surface area contributed by atoms with Crippen LogP contribution in [0.5, 0.6) is 0 Å². The van der Waals surface area contributed by atoms with Gasteiger partial charge in [-0.05, 0) is 17.2 Å². The Morgan fingerprint density at radius 1 is 0.880 bits per heavy atom. The summed E-state index contributed by atoms with van der Waals surface area (Å²) in [6, 6.07) is 14.5. The molecule has 0 unspecified atom stereocenters. The molecule has 1 aromatic heterocycles. The summed E-state index contributed by atoms with van der Waals surface area (Å²) in [6.07, 6.45) is 3.64. The third kappa shape index (κ3) is 3.76. The van der Waals surface area contributed by atoms with Crippen molar-refractivity contribution in [2.24, 2.45) is 0 Å². The standard InChI is InChI=1S/C19H23N3O2S/c23-25(24)14-18-19(15-25)22(13-17-7-4-8-20-11-17)10-9-21(18)12-16-5-2-1-3-6-16/h1-8,11,18-19H,9-10,12-15H2/t18-,19+/m1/s1. The van der Waals surface area contributed by atoms with Gasteiger partial charge in [-0.2, -0.15) is 0 Å². The van der Waals surface area contributed by atoms with Crippen LogP contribution in [-0.4, -0.2) is 59.9 Å². The number of nitrogens with zero attached hydrogens (tertiary/aromatic N) is 3. The molecule has 5 nitrogen and oxygen atoms in total. The molecule has 2 aliphatic rings. The van der Waals surface area contributed by atoms with E-state index in [-0.39, 0.29) is 23.6 Å². The zero-order chi connectivity index (χ0) is 17.3. The van der Waals surface area contributed by atoms with Crippen LogP contribution < -0.4 is 0 Å². The molecule has 6 heteroatoms. The fraction of sp³-hybridized carbons (Fsp3) is 0.421. The molecule has 0 N–H and O–H groups in total. The van der Waals surface area contributed by atoms with Gasteiger partial charge in [-0.15, -0.1) is 0 Å². The molecule has 2 atom stereocenters. The highest BCUT2D eigenvalue weighted by molar-refractivity contribution is 7.91. The second kappa shape index (κ2) is 6.86. The number of hydrogen-bond acceptors (Lipinski definition) is 5. The Kier molecular flexibility index (Phi) is 4.58. The lowest BCUT2D eigenvalue weighted by molar-refractivity contribution is 0.0354. The van der Waals surface area contributed by atoms with Crippen LogP contribution in [0.3, 0.4) is 0 Å². The van der Waals surface area contributed by atoms with Gasteiger partial charge in [0.05, 0.1) is 11.5 Å². The topological polar surface area (TPSA) is 53.5 Å². The Labute approximate surface area is 149 Å². The number of fused-ring (bicyclic) bond motifs is 1. The quantitative estimate of drug-likeness (QED) is 0.831. The van der Waals surface area contributed by atoms with E-state index in [1.807, 2.05) is 30.5 Å². The highest BCUT2D eigenvalue weighted by Gasteiger charge is 2.46. The lowest BCUT2D eigenvalue weighted by Gasteiger charge is -2.44. The number of sulfone groups is 1. The van der Waals surface area contributed by atoms with E-state index in [1.165, 1.54) is 5.56 Å². The second-order valence-corrected chi connectivity index (χ2v) is 9.15. The molecule has 2 fully saturated rings. The normalized spacial score (nSPS) is 26.4. The Morgan fingerprint density at radius 2 is 1.48 bits per heavy atom. The summed E-state index contributed by atoms with van der Waals surface area (Å²) in [5.41, 5.74) is 2.38. The molecular weight excluding hydrogens is 334 g/mol. The van der Waals surface area contributed by atoms with Crippen molar-refractivity contribution in [2.45, 2.75) is 25.2 Å². The summed E-state index contributed by atoms with van der Waals surface area (Å²) in [4.78, 5) is 8.86. The smallest absolute Gasteiger partial charge is 0.153 e. The van der Waals surface area contributed by atoms with Crippen molar-refractivity contribution in [2.75, 3.05) is 24.6 Å². The minimum absolute atomic E-state index is 0.0719. The molecule has 0 aliphatic carbocycles. The van der Waals surface area contributed by atoms with Crippen LogP contribution in [0.25, 0.3) is 0 Å². The molecule has 2 aromatic rings. The number of hydrogen-bond donors (Lipinski definition) is 0. The van der Waals surface area contributed by atoms with E-state index >= 15 is 0 Å². The van der Waals surface area contributed by atoms with Gasteiger partial charge in [0.1, 0.15) is 0 Å². The zero-order valence-electron chi connectivity index (χ0n) is 14.2. The zero-order valence-corrected chi connectivity index (χ0v) is 15.0. The maximum Gasteiger partial charge on any atom is 0.153 e. The predicted octanol–water partition coefficient (Wildman–Crippen LogP) is 1.56. The first-order valence-electron chi connectivity index (χ1n) is 8.72. The van der Waals surface area contributed by atoms with Gasteiger partial charge in [0.15, 0.2) is 9.84 Å². The Bertz CT molecular complexity index is 748. The van der Waals surface area contributed by atoms with Crippen LogP contribution in [0.4, 0.5) is 0 Å². The van der Waals surface area contributed by atoms with E-state index in [0.29, 0.717) is 0 Å². The first kappa shape index (κ1) is 16.7. The molecule has 0 saturated carbocycles. The average molecular weight is 357 g/mol. The number of benzene rings is 1. The van der Waals surface area contributed by atoms with E-state index in [2.05, 4.69) is 33.0 Å². The Hall–Kier alpha value is -1.76. The Morgan fingerprint density at radius 3 is 2.08 bits per heavy atom. The molecule has 25 heavy (non-hydrogen) atoms. The summed E-state index contributed by atoms with van der Waals surface area (Å²) in [7, 11) is -2.98.